The lowest BCUT2D eigenvalue weighted by atomic mass is 10.1. The second kappa shape index (κ2) is 6.41. The van der Waals surface area contributed by atoms with Crippen LogP contribution in [-0.4, -0.2) is 22.2 Å². The third-order valence-corrected chi connectivity index (χ3v) is 3.32. The predicted octanol–water partition coefficient (Wildman–Crippen LogP) is 3.09. The fraction of sp³-hybridized carbons (Fsp3) is 0.176. The molecule has 0 unspecified atom stereocenters. The molecule has 22 heavy (non-hydrogen) atoms. The molecule has 0 bridgehead atoms. The van der Waals surface area contributed by atoms with E-state index in [2.05, 4.69) is 12.1 Å². The van der Waals surface area contributed by atoms with Crippen LogP contribution >= 0.6 is 0 Å². The number of rotatable bonds is 1. The molecule has 0 spiro atoms. The van der Waals surface area contributed by atoms with Crippen molar-refractivity contribution in [3.63, 3.8) is 0 Å². The molecule has 0 saturated carbocycles. The van der Waals surface area contributed by atoms with Crippen molar-refractivity contribution in [1.82, 2.24) is 0 Å². The van der Waals surface area contributed by atoms with E-state index in [-0.39, 0.29) is 5.91 Å². The highest BCUT2D eigenvalue weighted by Crippen LogP contribution is 2.38. The molecule has 5 heteroatoms. The van der Waals surface area contributed by atoms with E-state index < -0.39 is 5.97 Å². The van der Waals surface area contributed by atoms with Gasteiger partial charge in [-0.15, -0.1) is 0 Å². The Bertz CT molecular complexity index is 720. The number of aliphatic carboxylic acids is 1. The van der Waals surface area contributed by atoms with Gasteiger partial charge in [-0.2, -0.15) is 5.06 Å². The molecular weight excluding hydrogens is 282 g/mol. The fourth-order valence-electron chi connectivity index (χ4n) is 2.43. The Hall–Kier alpha value is -2.66. The second-order valence-electron chi connectivity index (χ2n) is 5.03. The highest BCUT2D eigenvalue weighted by molar-refractivity contribution is 5.91. The zero-order valence-corrected chi connectivity index (χ0v) is 12.4. The zero-order chi connectivity index (χ0) is 16.3. The van der Waals surface area contributed by atoms with E-state index in [1.54, 1.807) is 6.07 Å². The number of carboxylic acid groups (broad SMARTS) is 1. The summed E-state index contributed by atoms with van der Waals surface area (Å²) >= 11 is 0. The SMILES string of the molecule is CC(=O)N(O)c1ccc2c(c1)-c1ccccc1C2.CC(=O)O. The molecule has 1 aliphatic rings. The van der Waals surface area contributed by atoms with Gasteiger partial charge in [0.1, 0.15) is 0 Å². The largest absolute Gasteiger partial charge is 0.481 e. The number of nitrogens with zero attached hydrogens (tertiary/aromatic N) is 1. The maximum atomic E-state index is 11.2. The number of benzene rings is 2. The third-order valence-electron chi connectivity index (χ3n) is 3.32. The molecular formula is C17H17NO4. The molecule has 2 N–H and O–H groups in total. The quantitative estimate of drug-likeness (QED) is 0.534. The highest BCUT2D eigenvalue weighted by atomic mass is 16.5. The van der Waals surface area contributed by atoms with Gasteiger partial charge in [0, 0.05) is 13.8 Å². The van der Waals surface area contributed by atoms with Crippen LogP contribution in [-0.2, 0) is 16.0 Å². The van der Waals surface area contributed by atoms with Gasteiger partial charge < -0.3 is 5.11 Å². The summed E-state index contributed by atoms with van der Waals surface area (Å²) in [6.07, 6.45) is 0.914. The molecule has 0 radical (unpaired) electrons. The number of hydrogen-bond acceptors (Lipinski definition) is 3. The van der Waals surface area contributed by atoms with Crippen molar-refractivity contribution in [2.75, 3.05) is 5.06 Å². The molecule has 114 valence electrons. The summed E-state index contributed by atoms with van der Waals surface area (Å²) in [5, 5.41) is 17.8. The van der Waals surface area contributed by atoms with E-state index in [4.69, 9.17) is 9.90 Å². The summed E-state index contributed by atoms with van der Waals surface area (Å²) in [7, 11) is 0. The number of fused-ring (bicyclic) bond motifs is 3. The van der Waals surface area contributed by atoms with E-state index in [0.29, 0.717) is 10.8 Å². The van der Waals surface area contributed by atoms with Crippen LogP contribution in [0.1, 0.15) is 25.0 Å². The van der Waals surface area contributed by atoms with Crippen LogP contribution < -0.4 is 5.06 Å². The molecule has 5 nitrogen and oxygen atoms in total. The standard InChI is InChI=1S/C15H13NO2.C2H4O2/c1-10(17)16(18)13-7-6-12-8-11-4-2-3-5-14(11)15(12)9-13;1-2(3)4/h2-7,9,18H,8H2,1H3;1H3,(H,3,4). The van der Waals surface area contributed by atoms with Crippen molar-refractivity contribution in [1.29, 1.82) is 0 Å². The molecule has 0 heterocycles. The number of carboxylic acids is 1. The van der Waals surface area contributed by atoms with Gasteiger partial charge in [0.25, 0.3) is 5.97 Å². The second-order valence-corrected chi connectivity index (χ2v) is 5.03. The van der Waals surface area contributed by atoms with Gasteiger partial charge in [0.05, 0.1) is 5.69 Å². The van der Waals surface area contributed by atoms with Crippen molar-refractivity contribution in [2.24, 2.45) is 0 Å². The van der Waals surface area contributed by atoms with E-state index in [0.717, 1.165) is 18.9 Å². The van der Waals surface area contributed by atoms with Gasteiger partial charge >= 0.3 is 0 Å². The number of carbonyl (C=O) groups is 2. The lowest BCUT2D eigenvalue weighted by molar-refractivity contribution is -0.134. The molecule has 0 aromatic heterocycles. The van der Waals surface area contributed by atoms with Gasteiger partial charge in [-0.1, -0.05) is 30.3 Å². The van der Waals surface area contributed by atoms with Crippen LogP contribution in [0.4, 0.5) is 5.69 Å². The van der Waals surface area contributed by atoms with Crippen molar-refractivity contribution in [3.8, 4) is 11.1 Å². The summed E-state index contributed by atoms with van der Waals surface area (Å²) in [6, 6.07) is 13.8. The number of anilines is 1. The number of hydrogen-bond donors (Lipinski definition) is 2. The average molecular weight is 299 g/mol. The van der Waals surface area contributed by atoms with Crippen LogP contribution in [0.5, 0.6) is 0 Å². The highest BCUT2D eigenvalue weighted by Gasteiger charge is 2.19. The van der Waals surface area contributed by atoms with Gasteiger partial charge in [-0.3, -0.25) is 14.8 Å². The molecule has 0 saturated heterocycles. The van der Waals surface area contributed by atoms with Crippen LogP contribution in [0.15, 0.2) is 42.5 Å². The summed E-state index contributed by atoms with van der Waals surface area (Å²) in [5.74, 6) is -1.22. The minimum absolute atomic E-state index is 0.388. The summed E-state index contributed by atoms with van der Waals surface area (Å²) in [6.45, 7) is 2.42. The zero-order valence-electron chi connectivity index (χ0n) is 12.4. The number of carbonyl (C=O) groups excluding carboxylic acids is 1. The summed E-state index contributed by atoms with van der Waals surface area (Å²) in [4.78, 5) is 20.2. The number of hydroxylamine groups is 1. The first-order chi connectivity index (χ1) is 10.4. The molecule has 0 atom stereocenters. The summed E-state index contributed by atoms with van der Waals surface area (Å²) in [5.41, 5.74) is 5.32. The van der Waals surface area contributed by atoms with Crippen LogP contribution in [0.25, 0.3) is 11.1 Å². The lowest BCUT2D eigenvalue weighted by Crippen LogP contribution is -2.23. The first-order valence-electron chi connectivity index (χ1n) is 6.80. The first kappa shape index (κ1) is 15.7. The van der Waals surface area contributed by atoms with Gasteiger partial charge in [-0.05, 0) is 40.8 Å². The minimum Gasteiger partial charge on any atom is -0.481 e. The van der Waals surface area contributed by atoms with Gasteiger partial charge in [0.15, 0.2) is 0 Å². The Morgan fingerprint density at radius 2 is 1.59 bits per heavy atom. The van der Waals surface area contributed by atoms with Crippen molar-refractivity contribution >= 4 is 17.6 Å². The Morgan fingerprint density at radius 1 is 1.00 bits per heavy atom. The van der Waals surface area contributed by atoms with E-state index >= 15 is 0 Å². The Morgan fingerprint density at radius 3 is 2.23 bits per heavy atom. The molecule has 0 fully saturated rings. The predicted molar refractivity (Wildman–Crippen MR) is 82.9 cm³/mol. The van der Waals surface area contributed by atoms with Crippen molar-refractivity contribution < 1.29 is 19.9 Å². The maximum Gasteiger partial charge on any atom is 0.300 e. The molecule has 2 aromatic rings. The van der Waals surface area contributed by atoms with E-state index in [9.17, 15) is 10.0 Å². The molecule has 3 rings (SSSR count). The van der Waals surface area contributed by atoms with Crippen LogP contribution in [0.2, 0.25) is 0 Å². The van der Waals surface area contributed by atoms with Crippen LogP contribution in [0.3, 0.4) is 0 Å². The monoisotopic (exact) mass is 299 g/mol. The minimum atomic E-state index is -0.833. The van der Waals surface area contributed by atoms with E-state index in [1.165, 1.54) is 23.6 Å². The first-order valence-corrected chi connectivity index (χ1v) is 6.80. The molecule has 2 aromatic carbocycles. The molecule has 0 aliphatic heterocycles. The Kier molecular flexibility index (Phi) is 4.58. The van der Waals surface area contributed by atoms with E-state index in [1.807, 2.05) is 24.3 Å². The maximum absolute atomic E-state index is 11.2. The average Bonchev–Trinajstić information content (AvgIpc) is 2.83. The normalized spacial score (nSPS) is 10.9. The van der Waals surface area contributed by atoms with Crippen LogP contribution in [0, 0.1) is 0 Å². The molecule has 1 aliphatic carbocycles. The fourth-order valence-corrected chi connectivity index (χ4v) is 2.43. The lowest BCUT2D eigenvalue weighted by Gasteiger charge is -2.13. The summed E-state index contributed by atoms with van der Waals surface area (Å²) < 4.78 is 0. The third kappa shape index (κ3) is 3.32. The van der Waals surface area contributed by atoms with Crippen molar-refractivity contribution in [2.45, 2.75) is 20.3 Å². The smallest absolute Gasteiger partial charge is 0.300 e. The topological polar surface area (TPSA) is 77.8 Å². The number of amides is 1. The Balaban J connectivity index is 0.000000396. The van der Waals surface area contributed by atoms with Gasteiger partial charge in [0.2, 0.25) is 5.91 Å². The van der Waals surface area contributed by atoms with Crippen molar-refractivity contribution in [3.05, 3.63) is 53.6 Å². The van der Waals surface area contributed by atoms with Gasteiger partial charge in [-0.25, -0.2) is 0 Å². The Labute approximate surface area is 128 Å². The molecule has 1 amide bonds.